The summed E-state index contributed by atoms with van der Waals surface area (Å²) in [6.45, 7) is 3.39. The maximum Gasteiger partial charge on any atom is 0.316 e. The van der Waals surface area contributed by atoms with Crippen molar-refractivity contribution in [2.75, 3.05) is 25.4 Å². The van der Waals surface area contributed by atoms with Crippen LogP contribution in [0.5, 0.6) is 0 Å². The maximum atomic E-state index is 13.1. The lowest BCUT2D eigenvalue weighted by Gasteiger charge is -2.30. The van der Waals surface area contributed by atoms with E-state index in [9.17, 15) is 14.4 Å². The number of piperidine rings is 1. The number of hydrogen-bond acceptors (Lipinski definition) is 5. The molecular formula is C27H25NO4S. The van der Waals surface area contributed by atoms with Crippen LogP contribution in [0.15, 0.2) is 59.5 Å². The molecule has 0 spiro atoms. The van der Waals surface area contributed by atoms with Gasteiger partial charge in [-0.1, -0.05) is 55.5 Å². The van der Waals surface area contributed by atoms with E-state index >= 15 is 0 Å². The number of carbonyl (C=O) groups excluding carboxylic acids is 3. The molecule has 5 rings (SSSR count). The van der Waals surface area contributed by atoms with Crippen LogP contribution in [-0.4, -0.2) is 48.0 Å². The molecule has 0 unspecified atom stereocenters. The SMILES string of the molecule is C[C@H]1CCCN(C(=O)COC(=O)CSc2ccc3c4c(cccc24)C(=O)c2ccccc2-3)C1. The van der Waals surface area contributed by atoms with Crippen molar-refractivity contribution in [1.82, 2.24) is 4.90 Å². The molecule has 2 aliphatic rings. The van der Waals surface area contributed by atoms with Crippen LogP contribution in [-0.2, 0) is 14.3 Å². The number of fused-ring (bicyclic) bond motifs is 2. The molecule has 1 aliphatic heterocycles. The lowest BCUT2D eigenvalue weighted by atomic mass is 9.83. The molecule has 5 nitrogen and oxygen atoms in total. The van der Waals surface area contributed by atoms with Crippen molar-refractivity contribution in [3.8, 4) is 11.1 Å². The Morgan fingerprint density at radius 2 is 1.79 bits per heavy atom. The number of benzene rings is 3. The first-order valence-electron chi connectivity index (χ1n) is 11.3. The van der Waals surface area contributed by atoms with Gasteiger partial charge in [-0.15, -0.1) is 11.8 Å². The summed E-state index contributed by atoms with van der Waals surface area (Å²) in [5, 5.41) is 1.87. The highest BCUT2D eigenvalue weighted by molar-refractivity contribution is 8.00. The fourth-order valence-electron chi connectivity index (χ4n) is 4.81. The molecule has 1 saturated heterocycles. The maximum absolute atomic E-state index is 13.1. The van der Waals surface area contributed by atoms with E-state index in [1.165, 1.54) is 11.8 Å². The van der Waals surface area contributed by atoms with Gasteiger partial charge in [0, 0.05) is 34.5 Å². The van der Waals surface area contributed by atoms with Crippen LogP contribution in [0, 0.1) is 5.92 Å². The quantitative estimate of drug-likeness (QED) is 0.312. The van der Waals surface area contributed by atoms with Gasteiger partial charge >= 0.3 is 5.97 Å². The van der Waals surface area contributed by atoms with Crippen molar-refractivity contribution in [3.05, 3.63) is 65.7 Å². The Balaban J connectivity index is 1.30. The van der Waals surface area contributed by atoms with Gasteiger partial charge in [0.2, 0.25) is 0 Å². The fourth-order valence-corrected chi connectivity index (χ4v) is 5.65. The second-order valence-electron chi connectivity index (χ2n) is 8.75. The molecule has 0 radical (unpaired) electrons. The zero-order valence-electron chi connectivity index (χ0n) is 18.5. The summed E-state index contributed by atoms with van der Waals surface area (Å²) >= 11 is 1.37. The molecule has 1 aliphatic carbocycles. The van der Waals surface area contributed by atoms with Crippen LogP contribution in [0.4, 0.5) is 0 Å². The Hall–Kier alpha value is -3.12. The number of hydrogen-bond donors (Lipinski definition) is 0. The molecule has 1 heterocycles. The molecule has 0 saturated carbocycles. The topological polar surface area (TPSA) is 63.7 Å². The van der Waals surface area contributed by atoms with Gasteiger partial charge in [-0.25, -0.2) is 0 Å². The largest absolute Gasteiger partial charge is 0.455 e. The average Bonchev–Trinajstić information content (AvgIpc) is 2.84. The van der Waals surface area contributed by atoms with Gasteiger partial charge in [-0.3, -0.25) is 14.4 Å². The predicted molar refractivity (Wildman–Crippen MR) is 129 cm³/mol. The van der Waals surface area contributed by atoms with Gasteiger partial charge in [0.05, 0.1) is 5.75 Å². The molecule has 3 aromatic carbocycles. The van der Waals surface area contributed by atoms with Gasteiger partial charge in [-0.05, 0) is 41.3 Å². The Morgan fingerprint density at radius 1 is 1.00 bits per heavy atom. The lowest BCUT2D eigenvalue weighted by molar-refractivity contribution is -0.150. The van der Waals surface area contributed by atoms with E-state index in [2.05, 4.69) is 6.92 Å². The van der Waals surface area contributed by atoms with Crippen LogP contribution < -0.4 is 0 Å². The highest BCUT2D eigenvalue weighted by Gasteiger charge is 2.26. The first-order chi connectivity index (χ1) is 16.0. The zero-order valence-corrected chi connectivity index (χ0v) is 19.3. The second kappa shape index (κ2) is 9.02. The van der Waals surface area contributed by atoms with E-state index < -0.39 is 5.97 Å². The minimum absolute atomic E-state index is 0.0239. The van der Waals surface area contributed by atoms with E-state index in [0.717, 1.165) is 52.7 Å². The molecule has 33 heavy (non-hydrogen) atoms. The Morgan fingerprint density at radius 3 is 2.61 bits per heavy atom. The lowest BCUT2D eigenvalue weighted by Crippen LogP contribution is -2.41. The van der Waals surface area contributed by atoms with Gasteiger partial charge in [0.1, 0.15) is 0 Å². The summed E-state index contributed by atoms with van der Waals surface area (Å²) < 4.78 is 5.26. The van der Waals surface area contributed by atoms with Gasteiger partial charge in [0.25, 0.3) is 5.91 Å². The predicted octanol–water partition coefficient (Wildman–Crippen LogP) is 4.95. The van der Waals surface area contributed by atoms with Gasteiger partial charge in [-0.2, -0.15) is 0 Å². The smallest absolute Gasteiger partial charge is 0.316 e. The minimum atomic E-state index is -0.416. The molecule has 168 valence electrons. The summed E-state index contributed by atoms with van der Waals surface area (Å²) in [4.78, 5) is 40.5. The van der Waals surface area contributed by atoms with Crippen molar-refractivity contribution in [2.45, 2.75) is 24.7 Å². The monoisotopic (exact) mass is 459 g/mol. The van der Waals surface area contributed by atoms with E-state index in [1.54, 1.807) is 4.90 Å². The van der Waals surface area contributed by atoms with Crippen molar-refractivity contribution in [1.29, 1.82) is 0 Å². The summed E-state index contributed by atoms with van der Waals surface area (Å²) in [6, 6.07) is 17.4. The van der Waals surface area contributed by atoms with Gasteiger partial charge in [0.15, 0.2) is 12.4 Å². The standard InChI is InChI=1S/C27H25NO4S/c1-17-6-5-13-28(14-17)24(29)15-32-25(30)16-33-23-12-11-19-18-7-2-3-8-20(18)27(31)22-10-4-9-21(23)26(19)22/h2-4,7-12,17H,5-6,13-16H2,1H3/t17-/m0/s1. The normalized spacial score (nSPS) is 17.1. The first kappa shape index (κ1) is 21.7. The van der Waals surface area contributed by atoms with E-state index in [0.29, 0.717) is 17.0 Å². The van der Waals surface area contributed by atoms with Crippen LogP contribution in [0.2, 0.25) is 0 Å². The summed E-state index contributed by atoms with van der Waals surface area (Å²) in [5.74, 6) is 0.0722. The van der Waals surface area contributed by atoms with Crippen LogP contribution >= 0.6 is 11.8 Å². The number of ether oxygens (including phenoxy) is 1. The summed E-state index contributed by atoms with van der Waals surface area (Å²) in [7, 11) is 0. The van der Waals surface area contributed by atoms with Crippen LogP contribution in [0.3, 0.4) is 0 Å². The third kappa shape index (κ3) is 4.15. The molecule has 0 bridgehead atoms. The minimum Gasteiger partial charge on any atom is -0.455 e. The third-order valence-corrected chi connectivity index (χ3v) is 7.47. The second-order valence-corrected chi connectivity index (χ2v) is 9.77. The number of nitrogens with zero attached hydrogens (tertiary/aromatic N) is 1. The van der Waals surface area contributed by atoms with Crippen LogP contribution in [0.25, 0.3) is 21.9 Å². The number of esters is 1. The van der Waals surface area contributed by atoms with Crippen molar-refractivity contribution >= 4 is 40.2 Å². The molecule has 6 heteroatoms. The van der Waals surface area contributed by atoms with Crippen molar-refractivity contribution in [3.63, 3.8) is 0 Å². The summed E-state index contributed by atoms with van der Waals surface area (Å²) in [5.41, 5.74) is 3.37. The van der Waals surface area contributed by atoms with Crippen molar-refractivity contribution in [2.24, 2.45) is 5.92 Å². The number of likely N-dealkylation sites (tertiary alicyclic amines) is 1. The highest BCUT2D eigenvalue weighted by atomic mass is 32.2. The Labute approximate surface area is 197 Å². The molecular weight excluding hydrogens is 434 g/mol. The first-order valence-corrected chi connectivity index (χ1v) is 12.3. The van der Waals surface area contributed by atoms with E-state index in [-0.39, 0.29) is 24.1 Å². The van der Waals surface area contributed by atoms with Gasteiger partial charge < -0.3 is 9.64 Å². The molecule has 3 aromatic rings. The number of amides is 1. The van der Waals surface area contributed by atoms with E-state index in [4.69, 9.17) is 4.74 Å². The van der Waals surface area contributed by atoms with E-state index in [1.807, 2.05) is 54.6 Å². The Bertz CT molecular complexity index is 1270. The molecule has 1 amide bonds. The molecule has 0 aromatic heterocycles. The number of thioether (sulfide) groups is 1. The molecule has 0 N–H and O–H groups in total. The fraction of sp³-hybridized carbons (Fsp3) is 0.296. The zero-order chi connectivity index (χ0) is 22.9. The highest BCUT2D eigenvalue weighted by Crippen LogP contribution is 2.42. The Kier molecular flexibility index (Phi) is 5.94. The van der Waals surface area contributed by atoms with Crippen LogP contribution in [0.1, 0.15) is 35.7 Å². The third-order valence-electron chi connectivity index (χ3n) is 6.42. The summed E-state index contributed by atoms with van der Waals surface area (Å²) in [6.07, 6.45) is 2.13. The molecule has 1 atom stereocenters. The number of ketones is 1. The molecule has 1 fully saturated rings. The number of rotatable bonds is 5. The average molecular weight is 460 g/mol. The van der Waals surface area contributed by atoms with Crippen molar-refractivity contribution < 1.29 is 19.1 Å². The number of carbonyl (C=O) groups is 3.